The van der Waals surface area contributed by atoms with E-state index in [1.807, 2.05) is 0 Å². The Morgan fingerprint density at radius 3 is 1.44 bits per heavy atom. The highest BCUT2D eigenvalue weighted by molar-refractivity contribution is 6.13. The normalized spacial score (nSPS) is 10.6. The maximum absolute atomic E-state index is 11.3. The van der Waals surface area contributed by atoms with Gasteiger partial charge in [-0.25, -0.2) is 9.59 Å². The molecule has 18 heavy (non-hydrogen) atoms. The van der Waals surface area contributed by atoms with Crippen LogP contribution in [-0.4, -0.2) is 22.2 Å². The molecule has 0 aliphatic carbocycles. The van der Waals surface area contributed by atoms with Gasteiger partial charge >= 0.3 is 11.9 Å². The van der Waals surface area contributed by atoms with E-state index in [2.05, 4.69) is 0 Å². The first-order valence-corrected chi connectivity index (χ1v) is 5.43. The molecule has 0 fully saturated rings. The summed E-state index contributed by atoms with van der Waals surface area (Å²) in [5.41, 5.74) is 1.35. The Kier molecular flexibility index (Phi) is 2.79. The second-order valence-corrected chi connectivity index (χ2v) is 4.16. The third-order valence-electron chi connectivity index (χ3n) is 3.21. The second-order valence-electron chi connectivity index (χ2n) is 4.16. The number of carboxylic acids is 2. The molecule has 0 aliphatic heterocycles. The van der Waals surface area contributed by atoms with E-state index in [0.29, 0.717) is 21.9 Å². The van der Waals surface area contributed by atoms with Gasteiger partial charge in [-0.05, 0) is 35.7 Å². The zero-order chi connectivity index (χ0) is 13.4. The smallest absolute Gasteiger partial charge is 0.336 e. The van der Waals surface area contributed by atoms with E-state index in [1.165, 1.54) is 0 Å². The Morgan fingerprint density at radius 2 is 1.17 bits per heavy atom. The van der Waals surface area contributed by atoms with Gasteiger partial charge in [0.25, 0.3) is 0 Å². The SMILES string of the molecule is Cc1c(C)c(C(=O)O)c2ccccc2c1C(=O)O. The van der Waals surface area contributed by atoms with Gasteiger partial charge in [0, 0.05) is 0 Å². The molecule has 4 heteroatoms. The molecule has 0 aromatic heterocycles. The first-order valence-electron chi connectivity index (χ1n) is 5.43. The minimum absolute atomic E-state index is 0.174. The molecule has 2 aromatic carbocycles. The van der Waals surface area contributed by atoms with E-state index in [-0.39, 0.29) is 11.1 Å². The summed E-state index contributed by atoms with van der Waals surface area (Å²) in [6, 6.07) is 6.68. The Labute approximate surface area is 103 Å². The molecule has 0 spiro atoms. The highest BCUT2D eigenvalue weighted by atomic mass is 16.4. The van der Waals surface area contributed by atoms with Crippen LogP contribution in [0.3, 0.4) is 0 Å². The molecule has 0 bridgehead atoms. The second kappa shape index (κ2) is 4.14. The zero-order valence-corrected chi connectivity index (χ0v) is 10.0. The van der Waals surface area contributed by atoms with Crippen molar-refractivity contribution >= 4 is 22.7 Å². The maximum atomic E-state index is 11.3. The molecule has 0 saturated carbocycles. The molecule has 0 radical (unpaired) electrons. The Bertz CT molecular complexity index is 613. The third kappa shape index (κ3) is 1.62. The van der Waals surface area contributed by atoms with Gasteiger partial charge in [-0.2, -0.15) is 0 Å². The van der Waals surface area contributed by atoms with E-state index in [9.17, 15) is 19.8 Å². The van der Waals surface area contributed by atoms with Crippen LogP contribution in [0.15, 0.2) is 24.3 Å². The molecule has 0 unspecified atom stereocenters. The summed E-state index contributed by atoms with van der Waals surface area (Å²) in [6.07, 6.45) is 0. The highest BCUT2D eigenvalue weighted by Gasteiger charge is 2.21. The minimum Gasteiger partial charge on any atom is -0.478 e. The van der Waals surface area contributed by atoms with Crippen molar-refractivity contribution in [1.82, 2.24) is 0 Å². The number of hydrogen-bond donors (Lipinski definition) is 2. The Balaban J connectivity index is 3.07. The lowest BCUT2D eigenvalue weighted by Crippen LogP contribution is -2.09. The standard InChI is InChI=1S/C14H12O4/c1-7-8(2)12(14(17)18)10-6-4-3-5-9(10)11(7)13(15)16/h3-6H,1-2H3,(H,15,16)(H,17,18). The molecule has 92 valence electrons. The van der Waals surface area contributed by atoms with Crippen molar-refractivity contribution in [2.45, 2.75) is 13.8 Å². The van der Waals surface area contributed by atoms with Gasteiger partial charge in [0.1, 0.15) is 0 Å². The van der Waals surface area contributed by atoms with Gasteiger partial charge in [-0.15, -0.1) is 0 Å². The van der Waals surface area contributed by atoms with Crippen LogP contribution in [0.5, 0.6) is 0 Å². The summed E-state index contributed by atoms with van der Waals surface area (Å²) in [7, 11) is 0. The van der Waals surface area contributed by atoms with Crippen LogP contribution in [0.25, 0.3) is 10.8 Å². The van der Waals surface area contributed by atoms with Gasteiger partial charge in [-0.3, -0.25) is 0 Å². The number of rotatable bonds is 2. The topological polar surface area (TPSA) is 74.6 Å². The third-order valence-corrected chi connectivity index (χ3v) is 3.21. The predicted molar refractivity (Wildman–Crippen MR) is 67.3 cm³/mol. The van der Waals surface area contributed by atoms with Crippen LogP contribution in [0, 0.1) is 13.8 Å². The van der Waals surface area contributed by atoms with Crippen LogP contribution >= 0.6 is 0 Å². The van der Waals surface area contributed by atoms with Crippen molar-refractivity contribution in [2.75, 3.05) is 0 Å². The number of carbonyl (C=O) groups is 2. The molecule has 2 aromatic rings. The molecule has 0 aliphatic rings. The number of benzene rings is 2. The van der Waals surface area contributed by atoms with Gasteiger partial charge < -0.3 is 10.2 Å². The van der Waals surface area contributed by atoms with Crippen LogP contribution in [-0.2, 0) is 0 Å². The van der Waals surface area contributed by atoms with E-state index < -0.39 is 11.9 Å². The summed E-state index contributed by atoms with van der Waals surface area (Å²) < 4.78 is 0. The largest absolute Gasteiger partial charge is 0.478 e. The van der Waals surface area contributed by atoms with Crippen molar-refractivity contribution in [3.63, 3.8) is 0 Å². The first kappa shape index (κ1) is 12.1. The summed E-state index contributed by atoms with van der Waals surface area (Å²) >= 11 is 0. The van der Waals surface area contributed by atoms with E-state index in [0.717, 1.165) is 0 Å². The van der Waals surface area contributed by atoms with Gasteiger partial charge in [0.05, 0.1) is 11.1 Å². The van der Waals surface area contributed by atoms with Crippen molar-refractivity contribution in [3.05, 3.63) is 46.5 Å². The van der Waals surface area contributed by atoms with Gasteiger partial charge in [-0.1, -0.05) is 24.3 Å². The average Bonchev–Trinajstić information content (AvgIpc) is 2.29. The van der Waals surface area contributed by atoms with E-state index in [4.69, 9.17) is 0 Å². The first-order chi connectivity index (χ1) is 8.45. The maximum Gasteiger partial charge on any atom is 0.336 e. The highest BCUT2D eigenvalue weighted by Crippen LogP contribution is 2.30. The van der Waals surface area contributed by atoms with Gasteiger partial charge in [0.2, 0.25) is 0 Å². The summed E-state index contributed by atoms with van der Waals surface area (Å²) in [4.78, 5) is 22.6. The van der Waals surface area contributed by atoms with Gasteiger partial charge in [0.15, 0.2) is 0 Å². The summed E-state index contributed by atoms with van der Waals surface area (Å²) in [5.74, 6) is -2.08. The molecule has 0 heterocycles. The van der Waals surface area contributed by atoms with Crippen LogP contribution in [0.4, 0.5) is 0 Å². The monoisotopic (exact) mass is 244 g/mol. The molecule has 2 N–H and O–H groups in total. The lowest BCUT2D eigenvalue weighted by Gasteiger charge is -2.13. The number of aromatic carboxylic acids is 2. The summed E-state index contributed by atoms with van der Waals surface area (Å²) in [5, 5.41) is 19.5. The van der Waals surface area contributed by atoms with Crippen molar-refractivity contribution in [3.8, 4) is 0 Å². The van der Waals surface area contributed by atoms with Crippen LogP contribution in [0.1, 0.15) is 31.8 Å². The number of fused-ring (bicyclic) bond motifs is 1. The zero-order valence-electron chi connectivity index (χ0n) is 10.0. The molecule has 0 saturated heterocycles. The van der Waals surface area contributed by atoms with Crippen molar-refractivity contribution < 1.29 is 19.8 Å². The Morgan fingerprint density at radius 1 is 0.833 bits per heavy atom. The minimum atomic E-state index is -1.04. The fraction of sp³-hybridized carbons (Fsp3) is 0.143. The molecular formula is C14H12O4. The lowest BCUT2D eigenvalue weighted by molar-refractivity contribution is 0.0683. The molecular weight excluding hydrogens is 232 g/mol. The van der Waals surface area contributed by atoms with Crippen molar-refractivity contribution in [1.29, 1.82) is 0 Å². The quantitative estimate of drug-likeness (QED) is 0.851. The predicted octanol–water partition coefficient (Wildman–Crippen LogP) is 2.85. The average molecular weight is 244 g/mol. The fourth-order valence-electron chi connectivity index (χ4n) is 2.25. The number of hydrogen-bond acceptors (Lipinski definition) is 2. The lowest BCUT2D eigenvalue weighted by atomic mass is 9.90. The molecule has 2 rings (SSSR count). The van der Waals surface area contributed by atoms with Crippen LogP contribution in [0.2, 0.25) is 0 Å². The number of carboxylic acid groups (broad SMARTS) is 2. The molecule has 0 atom stereocenters. The Hall–Kier alpha value is -2.36. The fourth-order valence-corrected chi connectivity index (χ4v) is 2.25. The van der Waals surface area contributed by atoms with E-state index >= 15 is 0 Å². The van der Waals surface area contributed by atoms with E-state index in [1.54, 1.807) is 38.1 Å². The molecule has 0 amide bonds. The summed E-state index contributed by atoms with van der Waals surface area (Å²) in [6.45, 7) is 3.27. The molecule has 4 nitrogen and oxygen atoms in total. The van der Waals surface area contributed by atoms with Crippen LogP contribution < -0.4 is 0 Å². The van der Waals surface area contributed by atoms with Crippen molar-refractivity contribution in [2.24, 2.45) is 0 Å².